The van der Waals surface area contributed by atoms with Crippen LogP contribution < -0.4 is 10.2 Å². The summed E-state index contributed by atoms with van der Waals surface area (Å²) in [6, 6.07) is 17.3. The predicted molar refractivity (Wildman–Crippen MR) is 121 cm³/mol. The highest BCUT2D eigenvalue weighted by atomic mass is 16.1. The SMILES string of the molecule is CCN(CC)c1ccc(CNC(=O)C2CCN(Cc3cccc(C)c3)CC2)cc1. The summed E-state index contributed by atoms with van der Waals surface area (Å²) in [5.41, 5.74) is 5.07. The fraction of sp³-hybridized carbons (Fsp3) is 0.480. The third kappa shape index (κ3) is 6.07. The number of carbonyl (C=O) groups excluding carboxylic acids is 1. The Morgan fingerprint density at radius 3 is 2.34 bits per heavy atom. The molecule has 0 radical (unpaired) electrons. The minimum Gasteiger partial charge on any atom is -0.372 e. The second kappa shape index (κ2) is 10.4. The molecular weight excluding hydrogens is 358 g/mol. The molecule has 0 spiro atoms. The number of aryl methyl sites for hydroxylation is 1. The van der Waals surface area contributed by atoms with Crippen molar-refractivity contribution in [3.8, 4) is 0 Å². The van der Waals surface area contributed by atoms with Crippen LogP contribution in [0.3, 0.4) is 0 Å². The molecule has 2 aromatic carbocycles. The Morgan fingerprint density at radius 1 is 1.03 bits per heavy atom. The van der Waals surface area contributed by atoms with Crippen LogP contribution in [-0.4, -0.2) is 37.0 Å². The second-order valence-corrected chi connectivity index (χ2v) is 8.10. The molecule has 2 aromatic rings. The highest BCUT2D eigenvalue weighted by molar-refractivity contribution is 5.78. The Morgan fingerprint density at radius 2 is 1.72 bits per heavy atom. The Balaban J connectivity index is 1.43. The summed E-state index contributed by atoms with van der Waals surface area (Å²) in [5, 5.41) is 3.15. The first-order valence-electron chi connectivity index (χ1n) is 11.0. The van der Waals surface area contributed by atoms with E-state index in [9.17, 15) is 4.79 Å². The summed E-state index contributed by atoms with van der Waals surface area (Å²) in [6.07, 6.45) is 1.89. The van der Waals surface area contributed by atoms with Gasteiger partial charge >= 0.3 is 0 Å². The number of benzene rings is 2. The Bertz CT molecular complexity index is 775. The largest absolute Gasteiger partial charge is 0.372 e. The second-order valence-electron chi connectivity index (χ2n) is 8.10. The van der Waals surface area contributed by atoms with Gasteiger partial charge in [0.05, 0.1) is 0 Å². The average Bonchev–Trinajstić information content (AvgIpc) is 2.74. The van der Waals surface area contributed by atoms with E-state index < -0.39 is 0 Å². The van der Waals surface area contributed by atoms with Crippen LogP contribution in [0.1, 0.15) is 43.4 Å². The predicted octanol–water partition coefficient (Wildman–Crippen LogP) is 4.37. The number of amides is 1. The van der Waals surface area contributed by atoms with Crippen LogP contribution >= 0.6 is 0 Å². The van der Waals surface area contributed by atoms with Gasteiger partial charge in [0.2, 0.25) is 5.91 Å². The third-order valence-electron chi connectivity index (χ3n) is 5.98. The number of nitrogens with zero attached hydrogens (tertiary/aromatic N) is 2. The number of nitrogens with one attached hydrogen (secondary N) is 1. The number of carbonyl (C=O) groups is 1. The highest BCUT2D eigenvalue weighted by Gasteiger charge is 2.24. The molecule has 1 aliphatic heterocycles. The molecule has 1 aliphatic rings. The monoisotopic (exact) mass is 393 g/mol. The summed E-state index contributed by atoms with van der Waals surface area (Å²) in [7, 11) is 0. The quantitative estimate of drug-likeness (QED) is 0.723. The molecule has 29 heavy (non-hydrogen) atoms. The lowest BCUT2D eigenvalue weighted by Crippen LogP contribution is -2.40. The van der Waals surface area contributed by atoms with Crippen molar-refractivity contribution in [3.05, 3.63) is 65.2 Å². The van der Waals surface area contributed by atoms with Gasteiger partial charge in [-0.25, -0.2) is 0 Å². The van der Waals surface area contributed by atoms with E-state index in [1.165, 1.54) is 16.8 Å². The fourth-order valence-corrected chi connectivity index (χ4v) is 4.17. The standard InChI is InChI=1S/C25H35N3O/c1-4-28(5-2)24-11-9-21(10-12-24)18-26-25(29)23-13-15-27(16-14-23)19-22-8-6-7-20(3)17-22/h6-12,17,23H,4-5,13-16,18-19H2,1-3H3,(H,26,29). The van der Waals surface area contributed by atoms with Crippen molar-refractivity contribution >= 4 is 11.6 Å². The first-order chi connectivity index (χ1) is 14.1. The maximum atomic E-state index is 12.6. The van der Waals surface area contributed by atoms with Gasteiger partial charge in [-0.1, -0.05) is 42.0 Å². The van der Waals surface area contributed by atoms with E-state index in [1.54, 1.807) is 0 Å². The molecule has 0 unspecified atom stereocenters. The van der Waals surface area contributed by atoms with E-state index in [0.717, 1.165) is 51.1 Å². The van der Waals surface area contributed by atoms with E-state index in [0.29, 0.717) is 6.54 Å². The Labute approximate surface area is 175 Å². The number of hydrogen-bond acceptors (Lipinski definition) is 3. The third-order valence-corrected chi connectivity index (χ3v) is 5.98. The van der Waals surface area contributed by atoms with Crippen LogP contribution in [0.2, 0.25) is 0 Å². The zero-order chi connectivity index (χ0) is 20.6. The summed E-state index contributed by atoms with van der Waals surface area (Å²) in [6.45, 7) is 12.1. The summed E-state index contributed by atoms with van der Waals surface area (Å²) < 4.78 is 0. The number of hydrogen-bond donors (Lipinski definition) is 1. The molecule has 1 N–H and O–H groups in total. The molecule has 0 atom stereocenters. The average molecular weight is 394 g/mol. The molecule has 1 fully saturated rings. The van der Waals surface area contributed by atoms with E-state index in [1.807, 2.05) is 0 Å². The van der Waals surface area contributed by atoms with Crippen molar-refractivity contribution in [2.45, 2.75) is 46.7 Å². The minimum atomic E-state index is 0.138. The van der Waals surface area contributed by atoms with Gasteiger partial charge in [0.25, 0.3) is 0 Å². The van der Waals surface area contributed by atoms with Gasteiger partial charge in [-0.15, -0.1) is 0 Å². The molecule has 0 bridgehead atoms. The summed E-state index contributed by atoms with van der Waals surface area (Å²) in [4.78, 5) is 17.4. The maximum Gasteiger partial charge on any atom is 0.223 e. The van der Waals surface area contributed by atoms with Crippen molar-refractivity contribution in [2.75, 3.05) is 31.1 Å². The van der Waals surface area contributed by atoms with Gasteiger partial charge in [0.15, 0.2) is 0 Å². The van der Waals surface area contributed by atoms with Crippen molar-refractivity contribution in [1.29, 1.82) is 0 Å². The van der Waals surface area contributed by atoms with Gasteiger partial charge in [0, 0.05) is 37.8 Å². The van der Waals surface area contributed by atoms with Crippen LogP contribution in [-0.2, 0) is 17.9 Å². The lowest BCUT2D eigenvalue weighted by molar-refractivity contribution is -0.126. The van der Waals surface area contributed by atoms with Gasteiger partial charge in [-0.05, 0) is 70.0 Å². The van der Waals surface area contributed by atoms with Crippen molar-refractivity contribution in [3.63, 3.8) is 0 Å². The van der Waals surface area contributed by atoms with E-state index >= 15 is 0 Å². The van der Waals surface area contributed by atoms with Crippen molar-refractivity contribution in [2.24, 2.45) is 5.92 Å². The zero-order valence-electron chi connectivity index (χ0n) is 18.2. The van der Waals surface area contributed by atoms with Crippen LogP contribution in [0.5, 0.6) is 0 Å². The van der Waals surface area contributed by atoms with Crippen LogP contribution in [0.25, 0.3) is 0 Å². The first kappa shape index (κ1) is 21.4. The van der Waals surface area contributed by atoms with Crippen molar-refractivity contribution in [1.82, 2.24) is 10.2 Å². The Kier molecular flexibility index (Phi) is 7.70. The number of anilines is 1. The molecule has 0 saturated carbocycles. The maximum absolute atomic E-state index is 12.6. The lowest BCUT2D eigenvalue weighted by Gasteiger charge is -2.31. The molecule has 4 nitrogen and oxygen atoms in total. The molecule has 0 aliphatic carbocycles. The molecule has 3 rings (SSSR count). The Hall–Kier alpha value is -2.33. The van der Waals surface area contributed by atoms with Crippen LogP contribution in [0.4, 0.5) is 5.69 Å². The van der Waals surface area contributed by atoms with Gasteiger partial charge in [-0.2, -0.15) is 0 Å². The highest BCUT2D eigenvalue weighted by Crippen LogP contribution is 2.20. The molecule has 0 aromatic heterocycles. The molecule has 4 heteroatoms. The summed E-state index contributed by atoms with van der Waals surface area (Å²) >= 11 is 0. The van der Waals surface area contributed by atoms with Crippen molar-refractivity contribution < 1.29 is 4.79 Å². The van der Waals surface area contributed by atoms with E-state index in [2.05, 4.69) is 84.4 Å². The minimum absolute atomic E-state index is 0.138. The zero-order valence-corrected chi connectivity index (χ0v) is 18.2. The molecule has 1 heterocycles. The van der Waals surface area contributed by atoms with Gasteiger partial charge in [-0.3, -0.25) is 9.69 Å². The first-order valence-corrected chi connectivity index (χ1v) is 11.0. The summed E-state index contributed by atoms with van der Waals surface area (Å²) in [5.74, 6) is 0.340. The number of rotatable bonds is 8. The molecule has 1 saturated heterocycles. The fourth-order valence-electron chi connectivity index (χ4n) is 4.17. The van der Waals surface area contributed by atoms with Crippen LogP contribution in [0, 0.1) is 12.8 Å². The molecule has 1 amide bonds. The number of likely N-dealkylation sites (tertiary alicyclic amines) is 1. The van der Waals surface area contributed by atoms with E-state index in [4.69, 9.17) is 0 Å². The number of piperidine rings is 1. The molecule has 156 valence electrons. The normalized spacial score (nSPS) is 15.3. The van der Waals surface area contributed by atoms with Gasteiger partial charge in [0.1, 0.15) is 0 Å². The molecular formula is C25H35N3O. The smallest absolute Gasteiger partial charge is 0.223 e. The topological polar surface area (TPSA) is 35.6 Å². The van der Waals surface area contributed by atoms with Crippen LogP contribution in [0.15, 0.2) is 48.5 Å². The van der Waals surface area contributed by atoms with E-state index in [-0.39, 0.29) is 11.8 Å². The lowest BCUT2D eigenvalue weighted by atomic mass is 9.95. The van der Waals surface area contributed by atoms with Gasteiger partial charge < -0.3 is 10.2 Å².